The topological polar surface area (TPSA) is 84.1 Å². The fourth-order valence-electron chi connectivity index (χ4n) is 2.66. The molecule has 0 N–H and O–H groups in total. The van der Waals surface area contributed by atoms with Crippen molar-refractivity contribution in [1.29, 1.82) is 0 Å². The van der Waals surface area contributed by atoms with Crippen molar-refractivity contribution in [2.24, 2.45) is 0 Å². The average Bonchev–Trinajstić information content (AvgIpc) is 3.14. The fraction of sp³-hybridized carbons (Fsp3) is 0.200. The Kier molecular flexibility index (Phi) is 3.46. The summed E-state index contributed by atoms with van der Waals surface area (Å²) < 4.78 is 13.7. The van der Waals surface area contributed by atoms with Crippen LogP contribution in [0.1, 0.15) is 12.6 Å². The Hall–Kier alpha value is -2.87. The van der Waals surface area contributed by atoms with E-state index in [-0.39, 0.29) is 12.5 Å². The zero-order valence-corrected chi connectivity index (χ0v) is 13.4. The highest BCUT2D eigenvalue weighted by Gasteiger charge is 2.25. The van der Waals surface area contributed by atoms with Gasteiger partial charge in [-0.1, -0.05) is 11.6 Å². The van der Waals surface area contributed by atoms with E-state index in [4.69, 9.17) is 21.1 Å². The van der Waals surface area contributed by atoms with Gasteiger partial charge in [-0.3, -0.25) is 4.57 Å². The van der Waals surface area contributed by atoms with Gasteiger partial charge in [0.15, 0.2) is 5.82 Å². The standard InChI is InChI=1S/C15H12ClN5O3/c1-2-23-15(22)24-14-12-6-20-8-18-19-13(20)10-5-9(16)3-4-11(10)21(12)7-17-14/h3-5,7-8H,2,6H2,1H3. The first-order chi connectivity index (χ1) is 11.7. The summed E-state index contributed by atoms with van der Waals surface area (Å²) >= 11 is 6.13. The maximum atomic E-state index is 11.6. The van der Waals surface area contributed by atoms with E-state index in [9.17, 15) is 4.79 Å². The highest BCUT2D eigenvalue weighted by atomic mass is 35.5. The van der Waals surface area contributed by atoms with Crippen LogP contribution < -0.4 is 4.74 Å². The molecule has 0 radical (unpaired) electrons. The lowest BCUT2D eigenvalue weighted by atomic mass is 10.1. The summed E-state index contributed by atoms with van der Waals surface area (Å²) in [7, 11) is 0. The Bertz CT molecular complexity index is 933. The van der Waals surface area contributed by atoms with Crippen LogP contribution in [0.5, 0.6) is 5.88 Å². The number of nitrogens with zero attached hydrogens (tertiary/aromatic N) is 5. The van der Waals surface area contributed by atoms with E-state index >= 15 is 0 Å². The molecule has 24 heavy (non-hydrogen) atoms. The number of rotatable bonds is 2. The molecule has 1 aromatic carbocycles. The molecule has 9 heteroatoms. The van der Waals surface area contributed by atoms with Crippen LogP contribution in [0.4, 0.5) is 4.79 Å². The molecule has 1 aliphatic rings. The minimum absolute atomic E-state index is 0.191. The molecule has 8 nitrogen and oxygen atoms in total. The summed E-state index contributed by atoms with van der Waals surface area (Å²) in [4.78, 5) is 15.8. The van der Waals surface area contributed by atoms with Gasteiger partial charge < -0.3 is 14.0 Å². The lowest BCUT2D eigenvalue weighted by Gasteiger charge is -2.08. The molecule has 0 saturated carbocycles. The third kappa shape index (κ3) is 2.31. The summed E-state index contributed by atoms with van der Waals surface area (Å²) in [6, 6.07) is 5.46. The van der Waals surface area contributed by atoms with Crippen LogP contribution in [0.15, 0.2) is 30.9 Å². The van der Waals surface area contributed by atoms with E-state index in [0.717, 1.165) is 11.3 Å². The molecule has 3 aromatic rings. The molecule has 0 amide bonds. The number of carbonyl (C=O) groups excluding carboxylic acids is 1. The molecular formula is C15H12ClN5O3. The van der Waals surface area contributed by atoms with Crippen LogP contribution in [-0.4, -0.2) is 37.1 Å². The second-order valence-electron chi connectivity index (χ2n) is 5.10. The van der Waals surface area contributed by atoms with Crippen molar-refractivity contribution in [1.82, 2.24) is 24.3 Å². The second-order valence-corrected chi connectivity index (χ2v) is 5.53. The van der Waals surface area contributed by atoms with Crippen LogP contribution in [0.3, 0.4) is 0 Å². The molecule has 0 saturated heterocycles. The number of ether oxygens (including phenoxy) is 2. The highest BCUT2D eigenvalue weighted by Crippen LogP contribution is 2.34. The minimum atomic E-state index is -0.788. The van der Waals surface area contributed by atoms with Gasteiger partial charge in [-0.25, -0.2) is 9.78 Å². The van der Waals surface area contributed by atoms with Gasteiger partial charge in [0.1, 0.15) is 18.3 Å². The zero-order valence-electron chi connectivity index (χ0n) is 12.6. The summed E-state index contributed by atoms with van der Waals surface area (Å²) in [5.41, 5.74) is 2.33. The predicted octanol–water partition coefficient (Wildman–Crippen LogP) is 2.68. The van der Waals surface area contributed by atoms with Gasteiger partial charge in [0.2, 0.25) is 5.88 Å². The van der Waals surface area contributed by atoms with Crippen molar-refractivity contribution < 1.29 is 14.3 Å². The van der Waals surface area contributed by atoms with E-state index in [2.05, 4.69) is 15.2 Å². The van der Waals surface area contributed by atoms with Gasteiger partial charge in [-0.15, -0.1) is 10.2 Å². The Balaban J connectivity index is 1.87. The number of hydrogen-bond donors (Lipinski definition) is 0. The molecule has 0 atom stereocenters. The maximum Gasteiger partial charge on any atom is 0.515 e. The molecule has 2 aromatic heterocycles. The first-order valence-corrected chi connectivity index (χ1v) is 7.64. The first kappa shape index (κ1) is 14.7. The molecule has 1 aliphatic heterocycles. The van der Waals surface area contributed by atoms with Crippen LogP contribution >= 0.6 is 11.6 Å². The van der Waals surface area contributed by atoms with Crippen LogP contribution in [-0.2, 0) is 11.3 Å². The molecule has 0 bridgehead atoms. The number of carbonyl (C=O) groups is 1. The van der Waals surface area contributed by atoms with E-state index in [0.29, 0.717) is 23.1 Å². The first-order valence-electron chi connectivity index (χ1n) is 7.26. The van der Waals surface area contributed by atoms with Gasteiger partial charge in [-0.2, -0.15) is 0 Å². The molecule has 0 unspecified atom stereocenters. The maximum absolute atomic E-state index is 11.6. The van der Waals surface area contributed by atoms with Gasteiger partial charge in [0.25, 0.3) is 0 Å². The lowest BCUT2D eigenvalue weighted by molar-refractivity contribution is 0.102. The summed E-state index contributed by atoms with van der Waals surface area (Å²) in [5, 5.41) is 8.72. The van der Waals surface area contributed by atoms with Crippen molar-refractivity contribution in [3.63, 3.8) is 0 Å². The van der Waals surface area contributed by atoms with Crippen molar-refractivity contribution in [2.75, 3.05) is 6.61 Å². The number of benzene rings is 1. The third-order valence-corrected chi connectivity index (χ3v) is 3.90. The third-order valence-electron chi connectivity index (χ3n) is 3.67. The number of hydrogen-bond acceptors (Lipinski definition) is 6. The predicted molar refractivity (Wildman–Crippen MR) is 84.3 cm³/mol. The quantitative estimate of drug-likeness (QED) is 0.519. The normalized spacial score (nSPS) is 11.9. The van der Waals surface area contributed by atoms with Gasteiger partial charge in [-0.05, 0) is 25.1 Å². The lowest BCUT2D eigenvalue weighted by Crippen LogP contribution is -2.12. The molecule has 122 valence electrons. The minimum Gasteiger partial charge on any atom is -0.434 e. The van der Waals surface area contributed by atoms with E-state index < -0.39 is 6.16 Å². The van der Waals surface area contributed by atoms with Gasteiger partial charge in [0, 0.05) is 10.6 Å². The fourth-order valence-corrected chi connectivity index (χ4v) is 2.83. The van der Waals surface area contributed by atoms with Crippen molar-refractivity contribution in [3.05, 3.63) is 41.6 Å². The van der Waals surface area contributed by atoms with E-state index in [1.54, 1.807) is 25.6 Å². The van der Waals surface area contributed by atoms with Crippen molar-refractivity contribution in [3.8, 4) is 23.0 Å². The van der Waals surface area contributed by atoms with E-state index in [1.807, 2.05) is 21.3 Å². The SMILES string of the molecule is CCOC(=O)Oc1ncn2c1Cn1cnnc1-c1cc(Cl)ccc1-2. The largest absolute Gasteiger partial charge is 0.515 e. The van der Waals surface area contributed by atoms with E-state index in [1.165, 1.54) is 0 Å². The van der Waals surface area contributed by atoms with Crippen LogP contribution in [0.25, 0.3) is 17.1 Å². The van der Waals surface area contributed by atoms with Crippen molar-refractivity contribution in [2.45, 2.75) is 13.5 Å². The number of halogens is 1. The molecule has 0 fully saturated rings. The monoisotopic (exact) mass is 345 g/mol. The number of aromatic nitrogens is 5. The Morgan fingerprint density at radius 3 is 3.08 bits per heavy atom. The highest BCUT2D eigenvalue weighted by molar-refractivity contribution is 6.31. The Labute approximate surface area is 141 Å². The van der Waals surface area contributed by atoms with Gasteiger partial charge >= 0.3 is 6.16 Å². The average molecular weight is 346 g/mol. The molecule has 0 spiro atoms. The van der Waals surface area contributed by atoms with Crippen LogP contribution in [0, 0.1) is 0 Å². The summed E-state index contributed by atoms with van der Waals surface area (Å²) in [5.74, 6) is 0.870. The smallest absolute Gasteiger partial charge is 0.434 e. The Morgan fingerprint density at radius 2 is 2.25 bits per heavy atom. The molecule has 4 rings (SSSR count). The van der Waals surface area contributed by atoms with Crippen molar-refractivity contribution >= 4 is 17.8 Å². The van der Waals surface area contributed by atoms with Gasteiger partial charge in [0.05, 0.1) is 18.8 Å². The summed E-state index contributed by atoms with van der Waals surface area (Å²) in [6.45, 7) is 2.33. The summed E-state index contributed by atoms with van der Waals surface area (Å²) in [6.07, 6.45) is 2.41. The zero-order chi connectivity index (χ0) is 16.7. The van der Waals surface area contributed by atoms with Crippen LogP contribution in [0.2, 0.25) is 5.02 Å². The molecule has 0 aliphatic carbocycles. The number of imidazole rings is 1. The Morgan fingerprint density at radius 1 is 1.38 bits per heavy atom. The molecular weight excluding hydrogens is 334 g/mol. The molecule has 3 heterocycles. The number of fused-ring (bicyclic) bond motifs is 5. The second kappa shape index (κ2) is 5.64.